The van der Waals surface area contributed by atoms with E-state index in [0.29, 0.717) is 6.42 Å². The lowest BCUT2D eigenvalue weighted by Crippen LogP contribution is -2.32. The van der Waals surface area contributed by atoms with Gasteiger partial charge in [0.05, 0.1) is 6.21 Å². The van der Waals surface area contributed by atoms with Crippen molar-refractivity contribution in [1.29, 1.82) is 0 Å². The Morgan fingerprint density at radius 1 is 1.36 bits per heavy atom. The molecule has 0 aliphatic rings. The van der Waals surface area contributed by atoms with Gasteiger partial charge in [0.2, 0.25) is 0 Å². The van der Waals surface area contributed by atoms with Crippen molar-refractivity contribution in [3.8, 4) is 0 Å². The number of carbonyl (C=O) groups excluding carboxylic acids is 1. The third-order valence-electron chi connectivity index (χ3n) is 2.77. The van der Waals surface area contributed by atoms with Gasteiger partial charge in [-0.1, -0.05) is 30.3 Å². The number of hydrogen-bond donors (Lipinski definition) is 0. The van der Waals surface area contributed by atoms with Crippen LogP contribution in [0.5, 0.6) is 0 Å². The highest BCUT2D eigenvalue weighted by Crippen LogP contribution is 2.14. The van der Waals surface area contributed by atoms with E-state index < -0.39 is 11.6 Å². The second-order valence-corrected chi connectivity index (χ2v) is 6.81. The number of ether oxygens (including phenoxy) is 1. The molecule has 0 aliphatic carbocycles. The van der Waals surface area contributed by atoms with Crippen molar-refractivity contribution in [2.24, 2.45) is 4.99 Å². The van der Waals surface area contributed by atoms with Gasteiger partial charge in [-0.25, -0.2) is 9.78 Å². The highest BCUT2D eigenvalue weighted by Gasteiger charge is 2.24. The first-order valence-electron chi connectivity index (χ1n) is 7.13. The van der Waals surface area contributed by atoms with Gasteiger partial charge in [-0.05, 0) is 26.3 Å². The number of thiazole rings is 1. The van der Waals surface area contributed by atoms with E-state index in [9.17, 15) is 4.79 Å². The monoisotopic (exact) mass is 316 g/mol. The van der Waals surface area contributed by atoms with E-state index in [0.717, 1.165) is 10.6 Å². The number of benzene rings is 1. The van der Waals surface area contributed by atoms with Crippen LogP contribution >= 0.6 is 11.3 Å². The van der Waals surface area contributed by atoms with Crippen LogP contribution in [0, 0.1) is 0 Å². The van der Waals surface area contributed by atoms with Gasteiger partial charge in [0.15, 0.2) is 6.04 Å². The van der Waals surface area contributed by atoms with E-state index in [-0.39, 0.29) is 5.97 Å². The Balaban J connectivity index is 2.14. The quantitative estimate of drug-likeness (QED) is 0.626. The van der Waals surface area contributed by atoms with E-state index in [4.69, 9.17) is 4.74 Å². The molecular weight excluding hydrogens is 296 g/mol. The van der Waals surface area contributed by atoms with Crippen molar-refractivity contribution in [2.75, 3.05) is 0 Å². The second-order valence-electron chi connectivity index (χ2n) is 5.89. The fourth-order valence-electron chi connectivity index (χ4n) is 1.86. The smallest absolute Gasteiger partial charge is 0.331 e. The summed E-state index contributed by atoms with van der Waals surface area (Å²) in [6, 6.07) is 9.25. The Bertz CT molecular complexity index is 616. The predicted molar refractivity (Wildman–Crippen MR) is 89.5 cm³/mol. The molecule has 1 aromatic carbocycles. The van der Waals surface area contributed by atoms with Crippen molar-refractivity contribution in [3.05, 3.63) is 52.5 Å². The molecule has 4 nitrogen and oxygen atoms in total. The SMILES string of the molecule is CC(C)(C)OC(=O)C(Cc1ccccc1)N=Cc1nccs1. The van der Waals surface area contributed by atoms with Crippen molar-refractivity contribution in [1.82, 2.24) is 4.98 Å². The third-order valence-corrected chi connectivity index (χ3v) is 3.48. The van der Waals surface area contributed by atoms with Crippen LogP contribution < -0.4 is 0 Å². The largest absolute Gasteiger partial charge is 0.458 e. The van der Waals surface area contributed by atoms with E-state index in [1.54, 1.807) is 12.4 Å². The van der Waals surface area contributed by atoms with Crippen molar-refractivity contribution >= 4 is 23.5 Å². The molecule has 2 aromatic rings. The van der Waals surface area contributed by atoms with Gasteiger partial charge in [-0.2, -0.15) is 0 Å². The van der Waals surface area contributed by atoms with Gasteiger partial charge in [0.1, 0.15) is 10.6 Å². The van der Waals surface area contributed by atoms with Crippen LogP contribution in [-0.4, -0.2) is 28.8 Å². The number of carbonyl (C=O) groups is 1. The molecule has 0 bridgehead atoms. The number of aliphatic imine (C=N–C) groups is 1. The Morgan fingerprint density at radius 2 is 2.09 bits per heavy atom. The van der Waals surface area contributed by atoms with Crippen molar-refractivity contribution < 1.29 is 9.53 Å². The number of nitrogens with zero attached hydrogens (tertiary/aromatic N) is 2. The molecule has 0 fully saturated rings. The summed E-state index contributed by atoms with van der Waals surface area (Å²) in [5.41, 5.74) is 0.526. The standard InChI is InChI=1S/C17H20N2O2S/c1-17(2,3)21-16(20)14(11-13-7-5-4-6-8-13)19-12-15-18-9-10-22-15/h4-10,12,14H,11H2,1-3H3. The molecule has 1 atom stereocenters. The van der Waals surface area contributed by atoms with E-state index in [1.807, 2.05) is 56.5 Å². The number of aromatic nitrogens is 1. The highest BCUT2D eigenvalue weighted by atomic mass is 32.1. The Hall–Kier alpha value is -2.01. The molecule has 1 unspecified atom stereocenters. The van der Waals surface area contributed by atoms with Crippen LogP contribution in [0.4, 0.5) is 0 Å². The lowest BCUT2D eigenvalue weighted by Gasteiger charge is -2.22. The lowest BCUT2D eigenvalue weighted by atomic mass is 10.1. The summed E-state index contributed by atoms with van der Waals surface area (Å²) in [5, 5.41) is 2.66. The minimum absolute atomic E-state index is 0.316. The minimum Gasteiger partial charge on any atom is -0.458 e. The van der Waals surface area contributed by atoms with Crippen LogP contribution in [-0.2, 0) is 16.0 Å². The van der Waals surface area contributed by atoms with Crippen LogP contribution in [0.25, 0.3) is 0 Å². The molecule has 0 N–H and O–H groups in total. The van der Waals surface area contributed by atoms with Crippen LogP contribution in [0.15, 0.2) is 46.9 Å². The van der Waals surface area contributed by atoms with Crippen molar-refractivity contribution in [3.63, 3.8) is 0 Å². The maximum absolute atomic E-state index is 12.4. The van der Waals surface area contributed by atoms with Gasteiger partial charge < -0.3 is 4.74 Å². The van der Waals surface area contributed by atoms with Crippen LogP contribution in [0.3, 0.4) is 0 Å². The van der Waals surface area contributed by atoms with E-state index >= 15 is 0 Å². The molecule has 5 heteroatoms. The molecule has 0 radical (unpaired) electrons. The first kappa shape index (κ1) is 16.4. The molecule has 0 saturated heterocycles. The maximum Gasteiger partial charge on any atom is 0.331 e. The molecule has 0 aliphatic heterocycles. The molecule has 1 aromatic heterocycles. The number of hydrogen-bond acceptors (Lipinski definition) is 5. The van der Waals surface area contributed by atoms with E-state index in [1.165, 1.54) is 11.3 Å². The van der Waals surface area contributed by atoms with Gasteiger partial charge >= 0.3 is 5.97 Å². The summed E-state index contributed by atoms with van der Waals surface area (Å²) in [7, 11) is 0. The molecule has 1 heterocycles. The summed E-state index contributed by atoms with van der Waals surface area (Å²) in [4.78, 5) is 20.9. The molecular formula is C17H20N2O2S. The molecule has 116 valence electrons. The van der Waals surface area contributed by atoms with Gasteiger partial charge in [0.25, 0.3) is 0 Å². The molecule has 0 spiro atoms. The summed E-state index contributed by atoms with van der Waals surface area (Å²) in [6.45, 7) is 5.57. The topological polar surface area (TPSA) is 51.5 Å². The molecule has 0 saturated carbocycles. The highest BCUT2D eigenvalue weighted by molar-refractivity contribution is 7.11. The average molecular weight is 316 g/mol. The normalized spacial score (nSPS) is 13.2. The van der Waals surface area contributed by atoms with E-state index in [2.05, 4.69) is 9.98 Å². The maximum atomic E-state index is 12.4. The number of rotatable bonds is 5. The van der Waals surface area contributed by atoms with Crippen molar-refractivity contribution in [2.45, 2.75) is 38.8 Å². The summed E-state index contributed by atoms with van der Waals surface area (Å²) >= 11 is 1.48. The first-order valence-corrected chi connectivity index (χ1v) is 8.01. The zero-order valence-corrected chi connectivity index (χ0v) is 13.8. The second kappa shape index (κ2) is 7.31. The zero-order chi connectivity index (χ0) is 16.0. The van der Waals surface area contributed by atoms with Crippen LogP contribution in [0.2, 0.25) is 0 Å². The fraction of sp³-hybridized carbons (Fsp3) is 0.353. The third kappa shape index (κ3) is 5.41. The first-order chi connectivity index (χ1) is 10.4. The molecule has 2 rings (SSSR count). The van der Waals surface area contributed by atoms with Gasteiger partial charge in [-0.15, -0.1) is 11.3 Å². The van der Waals surface area contributed by atoms with Gasteiger partial charge in [-0.3, -0.25) is 4.99 Å². The Morgan fingerprint density at radius 3 is 2.68 bits per heavy atom. The summed E-state index contributed by atoms with van der Waals surface area (Å²) in [6.07, 6.45) is 3.87. The zero-order valence-electron chi connectivity index (χ0n) is 13.0. The van der Waals surface area contributed by atoms with Crippen LogP contribution in [0.1, 0.15) is 31.3 Å². The molecule has 0 amide bonds. The summed E-state index contributed by atoms with van der Waals surface area (Å²) in [5.74, 6) is -0.316. The lowest BCUT2D eigenvalue weighted by molar-refractivity contribution is -0.156. The average Bonchev–Trinajstić information content (AvgIpc) is 2.96. The fourth-order valence-corrected chi connectivity index (χ4v) is 2.36. The predicted octanol–water partition coefficient (Wildman–Crippen LogP) is 3.52. The summed E-state index contributed by atoms with van der Waals surface area (Å²) < 4.78 is 5.47. The van der Waals surface area contributed by atoms with Gasteiger partial charge in [0, 0.05) is 18.0 Å². The minimum atomic E-state index is -0.564. The molecule has 22 heavy (non-hydrogen) atoms. The number of esters is 1. The Labute approximate surface area is 134 Å². The Kier molecular flexibility index (Phi) is 5.44.